The molecule has 0 unspecified atom stereocenters. The summed E-state index contributed by atoms with van der Waals surface area (Å²) in [5.74, 6) is -1.74. The Morgan fingerprint density at radius 2 is 1.67 bits per heavy atom. The lowest BCUT2D eigenvalue weighted by molar-refractivity contribution is -0.139. The van der Waals surface area contributed by atoms with E-state index in [9.17, 15) is 22.4 Å². The van der Waals surface area contributed by atoms with Gasteiger partial charge in [0.05, 0.1) is 20.6 Å². The molecule has 0 aliphatic heterocycles. The van der Waals surface area contributed by atoms with Crippen LogP contribution in [0.15, 0.2) is 71.6 Å². The average Bonchev–Trinajstić information content (AvgIpc) is 2.91. The largest absolute Gasteiger partial charge is 0.354 e. The minimum atomic E-state index is -4.31. The highest BCUT2D eigenvalue weighted by Crippen LogP contribution is 2.35. The molecule has 3 rings (SSSR count). The quantitative estimate of drug-likeness (QED) is 0.314. The Kier molecular flexibility index (Phi) is 10.4. The number of carbonyl (C=O) groups excluding carboxylic acids is 2. The second-order valence-corrected chi connectivity index (χ2v) is 11.6. The number of carbonyl (C=O) groups is 2. The van der Waals surface area contributed by atoms with E-state index in [1.54, 1.807) is 18.2 Å². The van der Waals surface area contributed by atoms with Crippen molar-refractivity contribution in [1.82, 2.24) is 10.2 Å². The molecule has 0 radical (unpaired) electrons. The van der Waals surface area contributed by atoms with Crippen molar-refractivity contribution in [3.63, 3.8) is 0 Å². The van der Waals surface area contributed by atoms with Crippen molar-refractivity contribution in [3.8, 4) is 0 Å². The highest BCUT2D eigenvalue weighted by molar-refractivity contribution is 7.92. The summed E-state index contributed by atoms with van der Waals surface area (Å²) in [5.41, 5.74) is 1.02. The Morgan fingerprint density at radius 3 is 2.31 bits per heavy atom. The summed E-state index contributed by atoms with van der Waals surface area (Å²) in [7, 11) is -4.31. The minimum Gasteiger partial charge on any atom is -0.354 e. The molecule has 0 fully saturated rings. The summed E-state index contributed by atoms with van der Waals surface area (Å²) in [6.45, 7) is 4.63. The molecule has 3 aromatic carbocycles. The summed E-state index contributed by atoms with van der Waals surface area (Å²) >= 11 is 12.6. The number of benzene rings is 3. The molecule has 208 valence electrons. The Labute approximate surface area is 238 Å². The van der Waals surface area contributed by atoms with Crippen molar-refractivity contribution in [2.24, 2.45) is 0 Å². The highest BCUT2D eigenvalue weighted by atomic mass is 35.5. The number of sulfonamides is 1. The minimum absolute atomic E-state index is 0.00739. The van der Waals surface area contributed by atoms with Gasteiger partial charge in [-0.2, -0.15) is 0 Å². The Morgan fingerprint density at radius 1 is 1.00 bits per heavy atom. The fourth-order valence-electron chi connectivity index (χ4n) is 3.82. The molecule has 0 spiro atoms. The van der Waals surface area contributed by atoms with E-state index in [1.165, 1.54) is 55.5 Å². The van der Waals surface area contributed by atoms with Gasteiger partial charge in [-0.1, -0.05) is 72.1 Å². The van der Waals surface area contributed by atoms with Crippen molar-refractivity contribution in [3.05, 3.63) is 93.7 Å². The normalized spacial score (nSPS) is 12.1. The molecule has 0 aromatic heterocycles. The van der Waals surface area contributed by atoms with E-state index in [2.05, 4.69) is 5.32 Å². The lowest BCUT2D eigenvalue weighted by Crippen LogP contribution is -2.51. The number of hydrogen-bond donors (Lipinski definition) is 1. The first-order chi connectivity index (χ1) is 18.5. The molecule has 1 N–H and O–H groups in total. The first kappa shape index (κ1) is 30.4. The number of amides is 2. The van der Waals surface area contributed by atoms with E-state index in [1.807, 2.05) is 13.8 Å². The predicted molar refractivity (Wildman–Crippen MR) is 152 cm³/mol. The number of anilines is 1. The van der Waals surface area contributed by atoms with Crippen molar-refractivity contribution < 1.29 is 22.4 Å². The molecule has 0 aliphatic rings. The Bertz CT molecular complexity index is 1430. The first-order valence-electron chi connectivity index (χ1n) is 12.3. The number of rotatable bonds is 11. The summed E-state index contributed by atoms with van der Waals surface area (Å²) < 4.78 is 43.1. The second kappa shape index (κ2) is 13.3. The van der Waals surface area contributed by atoms with Crippen LogP contribution in [-0.4, -0.2) is 44.3 Å². The molecule has 39 heavy (non-hydrogen) atoms. The molecule has 0 heterocycles. The van der Waals surface area contributed by atoms with E-state index in [4.69, 9.17) is 23.2 Å². The highest BCUT2D eigenvalue weighted by Gasteiger charge is 2.34. The fraction of sp³-hybridized carbons (Fsp3) is 0.286. The van der Waals surface area contributed by atoms with Gasteiger partial charge in [0.15, 0.2) is 0 Å². The maximum absolute atomic E-state index is 14.6. The fourth-order valence-corrected chi connectivity index (χ4v) is 5.70. The molecular formula is C28H30Cl2FN3O4S. The molecule has 3 aromatic rings. The average molecular weight is 595 g/mol. The van der Waals surface area contributed by atoms with Gasteiger partial charge in [0.1, 0.15) is 18.4 Å². The standard InChI is InChI=1S/C28H30Cl2FN3O4S/c1-4-16-32-28(36)20(3)33(17-21-8-5-6-10-24(21)31)26(35)18-34(25-11-7-9-23(29)27(25)30)39(37,38)22-14-12-19(2)13-15-22/h5-15,20H,4,16-18H2,1-3H3,(H,32,36)/t20-/m0/s1. The van der Waals surface area contributed by atoms with Crippen LogP contribution in [0.2, 0.25) is 10.0 Å². The van der Waals surface area contributed by atoms with Crippen molar-refractivity contribution in [2.75, 3.05) is 17.4 Å². The lowest BCUT2D eigenvalue weighted by atomic mass is 10.1. The molecule has 0 bridgehead atoms. The van der Waals surface area contributed by atoms with Crippen molar-refractivity contribution >= 4 is 50.7 Å². The zero-order valence-corrected chi connectivity index (χ0v) is 24.2. The second-order valence-electron chi connectivity index (χ2n) is 8.98. The maximum atomic E-state index is 14.6. The lowest BCUT2D eigenvalue weighted by Gasteiger charge is -2.32. The maximum Gasteiger partial charge on any atom is 0.264 e. The smallest absolute Gasteiger partial charge is 0.264 e. The SMILES string of the molecule is CCCNC(=O)[C@H](C)N(Cc1ccccc1F)C(=O)CN(c1cccc(Cl)c1Cl)S(=O)(=O)c1ccc(C)cc1. The third-order valence-electron chi connectivity index (χ3n) is 6.10. The van der Waals surface area contributed by atoms with E-state index < -0.39 is 40.2 Å². The summed E-state index contributed by atoms with van der Waals surface area (Å²) in [5, 5.41) is 2.77. The molecule has 0 saturated heterocycles. The van der Waals surface area contributed by atoms with Gasteiger partial charge in [-0.3, -0.25) is 13.9 Å². The Balaban J connectivity index is 2.07. The third-order valence-corrected chi connectivity index (χ3v) is 8.69. The molecule has 7 nitrogen and oxygen atoms in total. The van der Waals surface area contributed by atoms with Crippen LogP contribution in [-0.2, 0) is 26.2 Å². The van der Waals surface area contributed by atoms with Gasteiger partial charge in [0, 0.05) is 18.7 Å². The predicted octanol–water partition coefficient (Wildman–Crippen LogP) is 5.58. The van der Waals surface area contributed by atoms with Crippen LogP contribution in [0.25, 0.3) is 0 Å². The summed E-state index contributed by atoms with van der Waals surface area (Å²) in [6.07, 6.45) is 0.676. The monoisotopic (exact) mass is 593 g/mol. The van der Waals surface area contributed by atoms with Gasteiger partial charge in [0.2, 0.25) is 11.8 Å². The van der Waals surface area contributed by atoms with Crippen molar-refractivity contribution in [1.29, 1.82) is 0 Å². The number of aryl methyl sites for hydroxylation is 1. The van der Waals surface area contributed by atoms with E-state index in [0.717, 1.165) is 14.8 Å². The third kappa shape index (κ3) is 7.29. The molecule has 1 atom stereocenters. The molecule has 0 aliphatic carbocycles. The van der Waals surface area contributed by atoms with Gasteiger partial charge < -0.3 is 10.2 Å². The number of nitrogens with zero attached hydrogens (tertiary/aromatic N) is 2. The van der Waals surface area contributed by atoms with Crippen LogP contribution in [0.3, 0.4) is 0 Å². The molecular weight excluding hydrogens is 564 g/mol. The molecule has 11 heteroatoms. The van der Waals surface area contributed by atoms with Crippen LogP contribution in [0.1, 0.15) is 31.4 Å². The van der Waals surface area contributed by atoms with Crippen LogP contribution in [0.5, 0.6) is 0 Å². The van der Waals surface area contributed by atoms with Gasteiger partial charge in [0.25, 0.3) is 10.0 Å². The van der Waals surface area contributed by atoms with Gasteiger partial charge in [-0.25, -0.2) is 12.8 Å². The van der Waals surface area contributed by atoms with Crippen LogP contribution in [0.4, 0.5) is 10.1 Å². The molecule has 2 amide bonds. The number of halogens is 3. The van der Waals surface area contributed by atoms with Crippen molar-refractivity contribution in [2.45, 2.75) is 44.7 Å². The van der Waals surface area contributed by atoms with E-state index in [0.29, 0.717) is 13.0 Å². The van der Waals surface area contributed by atoms with Gasteiger partial charge >= 0.3 is 0 Å². The molecule has 0 saturated carbocycles. The van der Waals surface area contributed by atoms with Gasteiger partial charge in [-0.15, -0.1) is 0 Å². The van der Waals surface area contributed by atoms with Crippen LogP contribution >= 0.6 is 23.2 Å². The van der Waals surface area contributed by atoms with E-state index in [-0.39, 0.29) is 32.7 Å². The summed E-state index contributed by atoms with van der Waals surface area (Å²) in [4.78, 5) is 27.8. The zero-order valence-electron chi connectivity index (χ0n) is 21.8. The number of nitrogens with one attached hydrogen (secondary N) is 1. The first-order valence-corrected chi connectivity index (χ1v) is 14.5. The van der Waals surface area contributed by atoms with E-state index >= 15 is 0 Å². The zero-order chi connectivity index (χ0) is 28.7. The van der Waals surface area contributed by atoms with Crippen LogP contribution < -0.4 is 9.62 Å². The topological polar surface area (TPSA) is 86.8 Å². The Hall–Kier alpha value is -3.14. The van der Waals surface area contributed by atoms with Crippen LogP contribution in [0, 0.1) is 12.7 Å². The number of hydrogen-bond acceptors (Lipinski definition) is 4. The van der Waals surface area contributed by atoms with Gasteiger partial charge in [-0.05, 0) is 50.6 Å². The summed E-state index contributed by atoms with van der Waals surface area (Å²) in [6, 6.07) is 15.4.